The highest BCUT2D eigenvalue weighted by atomic mass is 32.2. The van der Waals surface area contributed by atoms with Crippen molar-refractivity contribution in [3.8, 4) is 0 Å². The second-order valence-corrected chi connectivity index (χ2v) is 5.16. The summed E-state index contributed by atoms with van der Waals surface area (Å²) in [6, 6.07) is 2.38. The molecule has 1 rings (SSSR count). The quantitative estimate of drug-likeness (QED) is 0.586. The van der Waals surface area contributed by atoms with Gasteiger partial charge >= 0.3 is 0 Å². The van der Waals surface area contributed by atoms with Crippen LogP contribution in [-0.2, 0) is 0 Å². The summed E-state index contributed by atoms with van der Waals surface area (Å²) in [5.74, 6) is 2.43. The van der Waals surface area contributed by atoms with Gasteiger partial charge in [-0.2, -0.15) is 0 Å². The van der Waals surface area contributed by atoms with Crippen molar-refractivity contribution in [2.45, 2.75) is 44.8 Å². The highest BCUT2D eigenvalue weighted by Crippen LogP contribution is 2.20. The lowest BCUT2D eigenvalue weighted by Crippen LogP contribution is -2.25. The van der Waals surface area contributed by atoms with Gasteiger partial charge in [0.05, 0.1) is 0 Å². The number of aromatic nitrogens is 2. The molecule has 4 nitrogen and oxygen atoms in total. The van der Waals surface area contributed by atoms with Crippen LogP contribution in [0.5, 0.6) is 0 Å². The summed E-state index contributed by atoms with van der Waals surface area (Å²) in [6.45, 7) is 6.69. The normalized spacial score (nSPS) is 12.6. The summed E-state index contributed by atoms with van der Waals surface area (Å²) in [7, 11) is 1.88. The van der Waals surface area contributed by atoms with Gasteiger partial charge in [-0.25, -0.2) is 9.97 Å². The Morgan fingerprint density at radius 3 is 2.33 bits per heavy atom. The highest BCUT2D eigenvalue weighted by molar-refractivity contribution is 7.98. The fraction of sp³-hybridized carbons (Fsp3) is 0.692. The van der Waals surface area contributed by atoms with E-state index in [4.69, 9.17) is 0 Å². The molecule has 0 aliphatic heterocycles. The molecule has 1 aromatic rings. The fourth-order valence-corrected chi connectivity index (χ4v) is 2.44. The summed E-state index contributed by atoms with van der Waals surface area (Å²) in [5, 5.41) is 7.35. The van der Waals surface area contributed by atoms with Gasteiger partial charge in [-0.15, -0.1) is 0 Å². The van der Waals surface area contributed by atoms with Gasteiger partial charge in [-0.05, 0) is 19.1 Å². The molecule has 1 unspecified atom stereocenters. The minimum absolute atomic E-state index is 0.425. The average molecular weight is 268 g/mol. The molecule has 0 saturated carbocycles. The molecular formula is C13H24N4S. The van der Waals surface area contributed by atoms with Crippen molar-refractivity contribution in [3.63, 3.8) is 0 Å². The molecule has 2 N–H and O–H groups in total. The van der Waals surface area contributed by atoms with Crippen molar-refractivity contribution in [3.05, 3.63) is 6.07 Å². The maximum atomic E-state index is 4.49. The number of thioether (sulfide) groups is 1. The molecule has 0 radical (unpaired) electrons. The van der Waals surface area contributed by atoms with Gasteiger partial charge in [-0.3, -0.25) is 0 Å². The molecule has 0 aliphatic rings. The van der Waals surface area contributed by atoms with Gasteiger partial charge in [0.15, 0.2) is 5.16 Å². The summed E-state index contributed by atoms with van der Waals surface area (Å²) in [4.78, 5) is 8.86. The van der Waals surface area contributed by atoms with E-state index < -0.39 is 0 Å². The van der Waals surface area contributed by atoms with E-state index in [-0.39, 0.29) is 0 Å². The number of anilines is 2. The molecule has 0 spiro atoms. The number of hydrogen-bond acceptors (Lipinski definition) is 5. The largest absolute Gasteiger partial charge is 0.373 e. The standard InChI is InChI=1S/C13H24N4S/c1-6-10(7-2)9(3)15-12-8-11(14-4)16-13(17-12)18-5/h8-10H,6-7H2,1-5H3,(H2,14,15,16,17). The van der Waals surface area contributed by atoms with Crippen LogP contribution in [0.3, 0.4) is 0 Å². The minimum atomic E-state index is 0.425. The molecule has 0 aromatic carbocycles. The smallest absolute Gasteiger partial charge is 0.191 e. The summed E-state index contributed by atoms with van der Waals surface area (Å²) >= 11 is 1.56. The summed E-state index contributed by atoms with van der Waals surface area (Å²) in [5.41, 5.74) is 0. The van der Waals surface area contributed by atoms with Crippen molar-refractivity contribution >= 4 is 23.4 Å². The van der Waals surface area contributed by atoms with Gasteiger partial charge in [0.1, 0.15) is 11.6 Å². The third kappa shape index (κ3) is 4.05. The molecule has 0 bridgehead atoms. The lowest BCUT2D eigenvalue weighted by Gasteiger charge is -2.23. The Morgan fingerprint density at radius 2 is 1.83 bits per heavy atom. The Kier molecular flexibility index (Phi) is 6.25. The van der Waals surface area contributed by atoms with Crippen molar-refractivity contribution in [1.29, 1.82) is 0 Å². The Morgan fingerprint density at radius 1 is 1.22 bits per heavy atom. The van der Waals surface area contributed by atoms with E-state index in [9.17, 15) is 0 Å². The van der Waals surface area contributed by atoms with Crippen LogP contribution < -0.4 is 10.6 Å². The number of nitrogens with one attached hydrogen (secondary N) is 2. The van der Waals surface area contributed by atoms with Gasteiger partial charge in [0.25, 0.3) is 0 Å². The van der Waals surface area contributed by atoms with Crippen LogP contribution >= 0.6 is 11.8 Å². The van der Waals surface area contributed by atoms with Gasteiger partial charge in [-0.1, -0.05) is 38.5 Å². The number of hydrogen-bond donors (Lipinski definition) is 2. The summed E-state index contributed by atoms with van der Waals surface area (Å²) in [6.07, 6.45) is 4.36. The van der Waals surface area contributed by atoms with E-state index in [0.29, 0.717) is 12.0 Å². The first-order valence-corrected chi connectivity index (χ1v) is 7.74. The predicted molar refractivity (Wildman–Crippen MR) is 80.5 cm³/mol. The van der Waals surface area contributed by atoms with Crippen molar-refractivity contribution in [1.82, 2.24) is 9.97 Å². The molecule has 0 amide bonds. The zero-order chi connectivity index (χ0) is 13.5. The van der Waals surface area contributed by atoms with Crippen LogP contribution in [0.1, 0.15) is 33.6 Å². The molecule has 1 atom stereocenters. The Balaban J connectivity index is 2.82. The number of nitrogens with zero attached hydrogens (tertiary/aromatic N) is 2. The summed E-state index contributed by atoms with van der Waals surface area (Å²) < 4.78 is 0. The second-order valence-electron chi connectivity index (χ2n) is 4.38. The maximum Gasteiger partial charge on any atom is 0.191 e. The lowest BCUT2D eigenvalue weighted by molar-refractivity contribution is 0.437. The first-order chi connectivity index (χ1) is 8.64. The van der Waals surface area contributed by atoms with E-state index in [1.54, 1.807) is 11.8 Å². The third-order valence-electron chi connectivity index (χ3n) is 3.28. The van der Waals surface area contributed by atoms with Crippen LogP contribution in [0.4, 0.5) is 11.6 Å². The molecule has 1 aromatic heterocycles. The molecule has 0 aliphatic carbocycles. The van der Waals surface area contributed by atoms with Crippen LogP contribution in [0.15, 0.2) is 11.2 Å². The van der Waals surface area contributed by atoms with Gasteiger partial charge in [0, 0.05) is 19.2 Å². The van der Waals surface area contributed by atoms with E-state index >= 15 is 0 Å². The van der Waals surface area contributed by atoms with Crippen molar-refractivity contribution < 1.29 is 0 Å². The second kappa shape index (κ2) is 7.46. The average Bonchev–Trinajstić information content (AvgIpc) is 2.39. The zero-order valence-corrected chi connectivity index (χ0v) is 12.8. The van der Waals surface area contributed by atoms with Gasteiger partial charge in [0.2, 0.25) is 0 Å². The Labute approximate surface area is 114 Å². The number of rotatable bonds is 7. The molecular weight excluding hydrogens is 244 g/mol. The predicted octanol–water partition coefficient (Wildman–Crippen LogP) is 3.48. The topological polar surface area (TPSA) is 49.8 Å². The molecule has 18 heavy (non-hydrogen) atoms. The Bertz CT molecular complexity index is 344. The van der Waals surface area contributed by atoms with Crippen molar-refractivity contribution in [2.75, 3.05) is 23.9 Å². The SMILES string of the molecule is CCC(CC)C(C)Nc1cc(NC)nc(SC)n1. The third-order valence-corrected chi connectivity index (χ3v) is 3.82. The van der Waals surface area contributed by atoms with Crippen LogP contribution in [0.2, 0.25) is 0 Å². The first-order valence-electron chi connectivity index (χ1n) is 6.51. The molecule has 1 heterocycles. The fourth-order valence-electron chi connectivity index (χ4n) is 2.07. The van der Waals surface area contributed by atoms with E-state index in [1.807, 2.05) is 19.4 Å². The van der Waals surface area contributed by atoms with Crippen molar-refractivity contribution in [2.24, 2.45) is 5.92 Å². The van der Waals surface area contributed by atoms with E-state index in [1.165, 1.54) is 12.8 Å². The zero-order valence-electron chi connectivity index (χ0n) is 11.9. The highest BCUT2D eigenvalue weighted by Gasteiger charge is 2.14. The first kappa shape index (κ1) is 15.1. The van der Waals surface area contributed by atoms with Crippen LogP contribution in [0.25, 0.3) is 0 Å². The lowest BCUT2D eigenvalue weighted by atomic mass is 9.95. The van der Waals surface area contributed by atoms with E-state index in [0.717, 1.165) is 16.8 Å². The monoisotopic (exact) mass is 268 g/mol. The minimum Gasteiger partial charge on any atom is -0.373 e. The van der Waals surface area contributed by atoms with Crippen LogP contribution in [-0.4, -0.2) is 29.3 Å². The molecule has 0 fully saturated rings. The van der Waals surface area contributed by atoms with Crippen LogP contribution in [0, 0.1) is 5.92 Å². The molecule has 5 heteroatoms. The molecule has 0 saturated heterocycles. The Hall–Kier alpha value is -0.970. The molecule has 102 valence electrons. The van der Waals surface area contributed by atoms with Gasteiger partial charge < -0.3 is 10.6 Å². The van der Waals surface area contributed by atoms with E-state index in [2.05, 4.69) is 41.4 Å². The maximum absolute atomic E-state index is 4.49.